The van der Waals surface area contributed by atoms with Crippen LogP contribution in [0.5, 0.6) is 0 Å². The summed E-state index contributed by atoms with van der Waals surface area (Å²) >= 11 is 0. The van der Waals surface area contributed by atoms with Gasteiger partial charge in [-0.3, -0.25) is 9.79 Å². The monoisotopic (exact) mass is 259 g/mol. The highest BCUT2D eigenvalue weighted by atomic mass is 16.2. The summed E-state index contributed by atoms with van der Waals surface area (Å²) in [5.41, 5.74) is 3.25. The quantitative estimate of drug-likeness (QED) is 0.901. The molecule has 1 aliphatic rings. The molecule has 0 spiro atoms. The van der Waals surface area contributed by atoms with E-state index in [0.29, 0.717) is 6.54 Å². The van der Waals surface area contributed by atoms with Gasteiger partial charge in [0.05, 0.1) is 18.9 Å². The molecule has 0 saturated heterocycles. The number of nitrogens with zero attached hydrogens (tertiary/aromatic N) is 2. The van der Waals surface area contributed by atoms with Gasteiger partial charge in [-0.1, -0.05) is 25.1 Å². The lowest BCUT2D eigenvalue weighted by Gasteiger charge is -2.19. The predicted octanol–water partition coefficient (Wildman–Crippen LogP) is 2.23. The summed E-state index contributed by atoms with van der Waals surface area (Å²) in [5, 5.41) is 3.04. The van der Waals surface area contributed by atoms with Gasteiger partial charge in [0, 0.05) is 12.2 Å². The van der Waals surface area contributed by atoms with Crippen LogP contribution in [-0.2, 0) is 11.2 Å². The summed E-state index contributed by atoms with van der Waals surface area (Å²) in [4.78, 5) is 18.4. The third-order valence-electron chi connectivity index (χ3n) is 3.51. The van der Waals surface area contributed by atoms with Crippen molar-refractivity contribution in [2.24, 2.45) is 4.99 Å². The first-order chi connectivity index (χ1) is 9.11. The third kappa shape index (κ3) is 3.13. The lowest BCUT2D eigenvalue weighted by Crippen LogP contribution is -2.34. The predicted molar refractivity (Wildman–Crippen MR) is 78.7 cm³/mol. The molecule has 0 unspecified atom stereocenters. The van der Waals surface area contributed by atoms with Gasteiger partial charge in [0.2, 0.25) is 5.91 Å². The van der Waals surface area contributed by atoms with Crippen LogP contribution in [0.3, 0.4) is 0 Å². The fourth-order valence-electron chi connectivity index (χ4n) is 2.34. The number of benzene rings is 1. The largest absolute Gasteiger partial charge is 0.349 e. The highest BCUT2D eigenvalue weighted by molar-refractivity contribution is 5.96. The minimum Gasteiger partial charge on any atom is -0.349 e. The van der Waals surface area contributed by atoms with Crippen LogP contribution in [-0.4, -0.2) is 36.3 Å². The number of hydrogen-bond acceptors (Lipinski definition) is 3. The molecule has 0 saturated carbocycles. The molecule has 0 fully saturated rings. The zero-order valence-electron chi connectivity index (χ0n) is 11.9. The molecule has 1 aliphatic heterocycles. The van der Waals surface area contributed by atoms with E-state index in [-0.39, 0.29) is 5.91 Å². The second kappa shape index (κ2) is 5.87. The van der Waals surface area contributed by atoms with Crippen LogP contribution < -0.4 is 5.32 Å². The average molecular weight is 259 g/mol. The molecule has 0 aromatic heterocycles. The first-order valence-corrected chi connectivity index (χ1v) is 6.76. The van der Waals surface area contributed by atoms with Crippen molar-refractivity contribution in [3.05, 3.63) is 29.3 Å². The highest BCUT2D eigenvalue weighted by Crippen LogP contribution is 2.21. The maximum Gasteiger partial charge on any atom is 0.243 e. The van der Waals surface area contributed by atoms with Crippen LogP contribution in [0.25, 0.3) is 0 Å². The van der Waals surface area contributed by atoms with Crippen LogP contribution >= 0.6 is 0 Å². The number of rotatable bonds is 4. The Bertz CT molecular complexity index is 508. The Morgan fingerprint density at radius 3 is 2.84 bits per heavy atom. The third-order valence-corrected chi connectivity index (χ3v) is 3.51. The Morgan fingerprint density at radius 1 is 1.42 bits per heavy atom. The normalized spacial score (nSPS) is 14.5. The molecular formula is C15H21N3O. The Balaban J connectivity index is 2.05. The van der Waals surface area contributed by atoms with Crippen molar-refractivity contribution < 1.29 is 4.79 Å². The maximum absolute atomic E-state index is 12.1. The Kier molecular flexibility index (Phi) is 4.20. The van der Waals surface area contributed by atoms with E-state index in [2.05, 4.69) is 23.3 Å². The summed E-state index contributed by atoms with van der Waals surface area (Å²) in [6.07, 6.45) is 0.918. The molecule has 4 nitrogen and oxygen atoms in total. The van der Waals surface area contributed by atoms with Gasteiger partial charge in [-0.25, -0.2) is 0 Å². The van der Waals surface area contributed by atoms with E-state index in [9.17, 15) is 4.79 Å². The molecule has 0 bridgehead atoms. The highest BCUT2D eigenvalue weighted by Gasteiger charge is 2.17. The van der Waals surface area contributed by atoms with Gasteiger partial charge in [-0.05, 0) is 31.4 Å². The first-order valence-electron chi connectivity index (χ1n) is 6.76. The van der Waals surface area contributed by atoms with Crippen LogP contribution in [0.1, 0.15) is 25.0 Å². The number of aliphatic imine (C=N–C) groups is 1. The molecule has 19 heavy (non-hydrogen) atoms. The number of para-hydroxylation sites is 1. The number of carbonyl (C=O) groups excluding carboxylic acids is 1. The van der Waals surface area contributed by atoms with E-state index in [0.717, 1.165) is 36.6 Å². The molecule has 1 heterocycles. The summed E-state index contributed by atoms with van der Waals surface area (Å²) in [6, 6.07) is 6.11. The van der Waals surface area contributed by atoms with Crippen molar-refractivity contribution >= 4 is 17.4 Å². The number of aryl methyl sites for hydroxylation is 2. The molecule has 4 heteroatoms. The Hall–Kier alpha value is -1.84. The van der Waals surface area contributed by atoms with Gasteiger partial charge in [-0.15, -0.1) is 0 Å². The molecule has 0 atom stereocenters. The van der Waals surface area contributed by atoms with E-state index in [4.69, 9.17) is 0 Å². The zero-order chi connectivity index (χ0) is 13.8. The van der Waals surface area contributed by atoms with Crippen molar-refractivity contribution in [2.75, 3.05) is 25.0 Å². The second-order valence-corrected chi connectivity index (χ2v) is 4.86. The summed E-state index contributed by atoms with van der Waals surface area (Å²) in [5.74, 6) is 0.982. The first kappa shape index (κ1) is 13.6. The molecule has 1 N–H and O–H groups in total. The minimum atomic E-state index is 0.0282. The Morgan fingerprint density at radius 2 is 2.21 bits per heavy atom. The number of carbonyl (C=O) groups is 1. The lowest BCUT2D eigenvalue weighted by atomic mass is 10.1. The number of amides is 1. The molecule has 2 rings (SSSR count). The lowest BCUT2D eigenvalue weighted by molar-refractivity contribution is -0.116. The number of amidine groups is 1. The summed E-state index contributed by atoms with van der Waals surface area (Å²) < 4.78 is 0. The van der Waals surface area contributed by atoms with E-state index in [1.165, 1.54) is 5.56 Å². The van der Waals surface area contributed by atoms with Crippen LogP contribution in [0.4, 0.5) is 5.69 Å². The smallest absolute Gasteiger partial charge is 0.243 e. The fraction of sp³-hybridized carbons (Fsp3) is 0.467. The average Bonchev–Trinajstić information content (AvgIpc) is 2.77. The maximum atomic E-state index is 12.1. The van der Waals surface area contributed by atoms with Gasteiger partial charge in [0.1, 0.15) is 0 Å². The van der Waals surface area contributed by atoms with Gasteiger partial charge >= 0.3 is 0 Å². The van der Waals surface area contributed by atoms with E-state index >= 15 is 0 Å². The molecule has 0 aliphatic carbocycles. The molecular weight excluding hydrogens is 238 g/mol. The van der Waals surface area contributed by atoms with E-state index < -0.39 is 0 Å². The molecule has 1 amide bonds. The zero-order valence-corrected chi connectivity index (χ0v) is 11.9. The van der Waals surface area contributed by atoms with E-state index in [1.807, 2.05) is 30.9 Å². The van der Waals surface area contributed by atoms with E-state index in [1.54, 1.807) is 0 Å². The van der Waals surface area contributed by atoms with Crippen molar-refractivity contribution in [2.45, 2.75) is 27.2 Å². The molecule has 0 radical (unpaired) electrons. The minimum absolute atomic E-state index is 0.0282. The second-order valence-electron chi connectivity index (χ2n) is 4.86. The number of nitrogens with one attached hydrogen (secondary N) is 1. The SMILES string of the molecule is CCc1cccc(C)c1NC(=O)CN1CCN=C1C. The van der Waals surface area contributed by atoms with Gasteiger partial charge in [0.25, 0.3) is 0 Å². The van der Waals surface area contributed by atoms with Gasteiger partial charge in [-0.2, -0.15) is 0 Å². The van der Waals surface area contributed by atoms with Crippen LogP contribution in [0.2, 0.25) is 0 Å². The van der Waals surface area contributed by atoms with Crippen LogP contribution in [0.15, 0.2) is 23.2 Å². The molecule has 102 valence electrons. The van der Waals surface area contributed by atoms with Crippen molar-refractivity contribution in [1.82, 2.24) is 4.90 Å². The Labute approximate surface area is 114 Å². The van der Waals surface area contributed by atoms with Crippen molar-refractivity contribution in [3.63, 3.8) is 0 Å². The topological polar surface area (TPSA) is 44.7 Å². The summed E-state index contributed by atoms with van der Waals surface area (Å²) in [6.45, 7) is 8.09. The standard InChI is InChI=1S/C15H21N3O/c1-4-13-7-5-6-11(2)15(13)17-14(19)10-18-9-8-16-12(18)3/h5-7H,4,8-10H2,1-3H3,(H,17,19). The molecule has 1 aromatic carbocycles. The van der Waals surface area contributed by atoms with Crippen LogP contribution in [0, 0.1) is 6.92 Å². The van der Waals surface area contributed by atoms with Crippen molar-refractivity contribution in [3.8, 4) is 0 Å². The number of anilines is 1. The fourth-order valence-corrected chi connectivity index (χ4v) is 2.34. The summed E-state index contributed by atoms with van der Waals surface area (Å²) in [7, 11) is 0. The van der Waals surface area contributed by atoms with Gasteiger partial charge < -0.3 is 10.2 Å². The molecule has 1 aromatic rings. The number of hydrogen-bond donors (Lipinski definition) is 1. The van der Waals surface area contributed by atoms with Crippen molar-refractivity contribution in [1.29, 1.82) is 0 Å². The van der Waals surface area contributed by atoms with Gasteiger partial charge in [0.15, 0.2) is 0 Å².